The van der Waals surface area contributed by atoms with E-state index in [0.29, 0.717) is 16.6 Å². The monoisotopic (exact) mass is 258 g/mol. The Bertz CT molecular complexity index is 462. The first-order chi connectivity index (χ1) is 7.19. The summed E-state index contributed by atoms with van der Waals surface area (Å²) in [5.41, 5.74) is 6.47. The van der Waals surface area contributed by atoms with Gasteiger partial charge in [0.2, 0.25) is 0 Å². The van der Waals surface area contributed by atoms with Gasteiger partial charge in [-0.25, -0.2) is 4.98 Å². The Morgan fingerprint density at radius 2 is 1.87 bits per heavy atom. The highest BCUT2D eigenvalue weighted by molar-refractivity contribution is 7.15. The lowest BCUT2D eigenvalue weighted by Crippen LogP contribution is -1.93. The molecule has 2 N–H and O–H groups in total. The van der Waals surface area contributed by atoms with Gasteiger partial charge in [0.1, 0.15) is 5.01 Å². The number of thiazole rings is 1. The lowest BCUT2D eigenvalue weighted by Gasteiger charge is -1.98. The highest BCUT2D eigenvalue weighted by Crippen LogP contribution is 2.30. The molecule has 0 saturated carbocycles. The Hall–Kier alpha value is -0.610. The van der Waals surface area contributed by atoms with E-state index in [1.165, 1.54) is 0 Å². The minimum absolute atomic E-state index is 0.457. The zero-order chi connectivity index (χ0) is 10.8. The van der Waals surface area contributed by atoms with Crippen molar-refractivity contribution in [3.63, 3.8) is 0 Å². The summed E-state index contributed by atoms with van der Waals surface area (Å²) in [5, 5.41) is 2.15. The highest BCUT2D eigenvalue weighted by atomic mass is 35.5. The second-order valence-electron chi connectivity index (χ2n) is 2.98. The fraction of sp³-hybridized carbons (Fsp3) is 0.100. The third kappa shape index (κ3) is 2.49. The van der Waals surface area contributed by atoms with Crippen molar-refractivity contribution < 1.29 is 0 Å². The third-order valence-electron chi connectivity index (χ3n) is 1.88. The van der Waals surface area contributed by atoms with Gasteiger partial charge in [0.25, 0.3) is 0 Å². The predicted molar refractivity (Wildman–Crippen MR) is 65.5 cm³/mol. The maximum absolute atomic E-state index is 5.92. The maximum atomic E-state index is 5.92. The van der Waals surface area contributed by atoms with Crippen molar-refractivity contribution in [2.45, 2.75) is 6.54 Å². The molecule has 1 aromatic carbocycles. The fourth-order valence-corrected chi connectivity index (χ4v) is 2.54. The lowest BCUT2D eigenvalue weighted by atomic mass is 10.2. The average molecular weight is 259 g/mol. The van der Waals surface area contributed by atoms with E-state index in [2.05, 4.69) is 4.98 Å². The van der Waals surface area contributed by atoms with E-state index in [9.17, 15) is 0 Å². The molecule has 1 aromatic heterocycles. The first-order valence-electron chi connectivity index (χ1n) is 4.30. The minimum atomic E-state index is 0.457. The van der Waals surface area contributed by atoms with Crippen molar-refractivity contribution in [1.29, 1.82) is 0 Å². The molecule has 2 nitrogen and oxygen atoms in total. The molecule has 0 amide bonds. The number of rotatable bonds is 2. The summed E-state index contributed by atoms with van der Waals surface area (Å²) in [6.45, 7) is 0.457. The van der Waals surface area contributed by atoms with Gasteiger partial charge in [-0.2, -0.15) is 0 Å². The molecule has 0 aliphatic heterocycles. The van der Waals surface area contributed by atoms with Crippen molar-refractivity contribution in [1.82, 2.24) is 4.98 Å². The quantitative estimate of drug-likeness (QED) is 0.895. The molecule has 0 spiro atoms. The van der Waals surface area contributed by atoms with Gasteiger partial charge in [-0.1, -0.05) is 23.2 Å². The highest BCUT2D eigenvalue weighted by Gasteiger charge is 2.05. The van der Waals surface area contributed by atoms with E-state index in [4.69, 9.17) is 28.9 Å². The smallest absolute Gasteiger partial charge is 0.107 e. The van der Waals surface area contributed by atoms with Crippen molar-refractivity contribution in [3.05, 3.63) is 39.4 Å². The first-order valence-corrected chi connectivity index (χ1v) is 5.87. The zero-order valence-corrected chi connectivity index (χ0v) is 10.0. The van der Waals surface area contributed by atoms with Crippen LogP contribution in [0.4, 0.5) is 0 Å². The normalized spacial score (nSPS) is 10.6. The molecule has 2 rings (SSSR count). The summed E-state index contributed by atoms with van der Waals surface area (Å²) in [4.78, 5) is 5.21. The molecule has 0 radical (unpaired) electrons. The van der Waals surface area contributed by atoms with Crippen LogP contribution in [-0.4, -0.2) is 4.98 Å². The van der Waals surface area contributed by atoms with E-state index in [1.54, 1.807) is 23.6 Å². The second-order valence-corrected chi connectivity index (χ2v) is 4.97. The topological polar surface area (TPSA) is 38.9 Å². The standard InChI is InChI=1S/C10H8Cl2N2S/c11-7-1-6(2-8(12)3-7)9-5-14-10(4-13)15-9/h1-3,5H,4,13H2. The Morgan fingerprint density at radius 1 is 1.20 bits per heavy atom. The number of benzene rings is 1. The summed E-state index contributed by atoms with van der Waals surface area (Å²) in [6, 6.07) is 5.43. The first kappa shape index (κ1) is 10.9. The zero-order valence-electron chi connectivity index (χ0n) is 7.71. The van der Waals surface area contributed by atoms with E-state index >= 15 is 0 Å². The van der Waals surface area contributed by atoms with Crippen molar-refractivity contribution in [2.75, 3.05) is 0 Å². The van der Waals surface area contributed by atoms with Gasteiger partial charge in [-0.15, -0.1) is 11.3 Å². The van der Waals surface area contributed by atoms with E-state index in [0.717, 1.165) is 15.4 Å². The maximum Gasteiger partial charge on any atom is 0.107 e. The summed E-state index contributed by atoms with van der Waals surface area (Å²) in [7, 11) is 0. The van der Waals surface area contributed by atoms with Gasteiger partial charge < -0.3 is 5.73 Å². The van der Waals surface area contributed by atoms with Gasteiger partial charge in [0.05, 0.1) is 4.88 Å². The summed E-state index contributed by atoms with van der Waals surface area (Å²) in [6.07, 6.45) is 1.79. The van der Waals surface area contributed by atoms with E-state index in [1.807, 2.05) is 12.1 Å². The SMILES string of the molecule is NCc1ncc(-c2cc(Cl)cc(Cl)c2)s1. The van der Waals surface area contributed by atoms with Crippen LogP contribution in [0.5, 0.6) is 0 Å². The Morgan fingerprint density at radius 3 is 2.40 bits per heavy atom. The Kier molecular flexibility index (Phi) is 3.26. The predicted octanol–water partition coefficient (Wildman–Crippen LogP) is 3.58. The van der Waals surface area contributed by atoms with Crippen molar-refractivity contribution >= 4 is 34.5 Å². The van der Waals surface area contributed by atoms with Crippen molar-refractivity contribution in [2.24, 2.45) is 5.73 Å². The Labute approximate surface area is 102 Å². The van der Waals surface area contributed by atoms with Gasteiger partial charge in [-0.3, -0.25) is 0 Å². The van der Waals surface area contributed by atoms with Crippen LogP contribution < -0.4 is 5.73 Å². The molecule has 15 heavy (non-hydrogen) atoms. The van der Waals surface area contributed by atoms with Gasteiger partial charge >= 0.3 is 0 Å². The molecule has 78 valence electrons. The van der Waals surface area contributed by atoms with Crippen LogP contribution in [0.1, 0.15) is 5.01 Å². The van der Waals surface area contributed by atoms with Gasteiger partial charge in [-0.05, 0) is 23.8 Å². The molecule has 0 aliphatic carbocycles. The molecular weight excluding hydrogens is 251 g/mol. The van der Waals surface area contributed by atoms with Crippen LogP contribution >= 0.6 is 34.5 Å². The molecule has 0 bridgehead atoms. The molecule has 5 heteroatoms. The molecule has 0 atom stereocenters. The van der Waals surface area contributed by atoms with Gasteiger partial charge in [0.15, 0.2) is 0 Å². The summed E-state index contributed by atoms with van der Waals surface area (Å²) < 4.78 is 0. The number of hydrogen-bond acceptors (Lipinski definition) is 3. The molecule has 0 fully saturated rings. The van der Waals surface area contributed by atoms with E-state index in [-0.39, 0.29) is 0 Å². The van der Waals surface area contributed by atoms with E-state index < -0.39 is 0 Å². The number of nitrogens with zero attached hydrogens (tertiary/aromatic N) is 1. The molecule has 0 unspecified atom stereocenters. The molecule has 1 heterocycles. The second kappa shape index (κ2) is 4.49. The fourth-order valence-electron chi connectivity index (χ4n) is 1.23. The molecule has 0 saturated heterocycles. The van der Waals surface area contributed by atoms with Gasteiger partial charge in [0, 0.05) is 22.8 Å². The molecular formula is C10H8Cl2N2S. The lowest BCUT2D eigenvalue weighted by molar-refractivity contribution is 1.04. The van der Waals surface area contributed by atoms with Crippen LogP contribution in [0.15, 0.2) is 24.4 Å². The summed E-state index contributed by atoms with van der Waals surface area (Å²) >= 11 is 13.4. The van der Waals surface area contributed by atoms with Crippen LogP contribution in [0, 0.1) is 0 Å². The number of nitrogens with two attached hydrogens (primary N) is 1. The number of halogens is 2. The molecule has 2 aromatic rings. The van der Waals surface area contributed by atoms with Crippen LogP contribution in [-0.2, 0) is 6.54 Å². The van der Waals surface area contributed by atoms with Crippen LogP contribution in [0.3, 0.4) is 0 Å². The third-order valence-corrected chi connectivity index (χ3v) is 3.38. The number of hydrogen-bond donors (Lipinski definition) is 1. The van der Waals surface area contributed by atoms with Crippen molar-refractivity contribution in [3.8, 4) is 10.4 Å². The van der Waals surface area contributed by atoms with Crippen LogP contribution in [0.25, 0.3) is 10.4 Å². The number of aromatic nitrogens is 1. The molecule has 0 aliphatic rings. The Balaban J connectivity index is 2.44. The van der Waals surface area contributed by atoms with Crippen LogP contribution in [0.2, 0.25) is 10.0 Å². The minimum Gasteiger partial charge on any atom is -0.325 e. The largest absolute Gasteiger partial charge is 0.325 e. The average Bonchev–Trinajstić information content (AvgIpc) is 2.64. The summed E-state index contributed by atoms with van der Waals surface area (Å²) in [5.74, 6) is 0.